The van der Waals surface area contributed by atoms with Crippen LogP contribution in [0.1, 0.15) is 40.0 Å². The highest BCUT2D eigenvalue weighted by Crippen LogP contribution is 2.35. The Labute approximate surface area is 98.4 Å². The van der Waals surface area contributed by atoms with E-state index < -0.39 is 0 Å². The third-order valence-electron chi connectivity index (χ3n) is 3.01. The maximum absolute atomic E-state index is 12.0. The fourth-order valence-corrected chi connectivity index (χ4v) is 1.82. The second-order valence-electron chi connectivity index (χ2n) is 5.23. The van der Waals surface area contributed by atoms with E-state index in [0.717, 1.165) is 25.0 Å². The zero-order valence-corrected chi connectivity index (χ0v) is 10.6. The lowest BCUT2D eigenvalue weighted by atomic mass is 9.75. The molecule has 0 saturated carbocycles. The van der Waals surface area contributed by atoms with Crippen LogP contribution in [0.4, 0.5) is 0 Å². The fraction of sp³-hybridized carbons (Fsp3) is 0.643. The van der Waals surface area contributed by atoms with Gasteiger partial charge in [-0.3, -0.25) is 4.79 Å². The first-order valence-electron chi connectivity index (χ1n) is 5.96. The summed E-state index contributed by atoms with van der Waals surface area (Å²) in [6.07, 6.45) is 5.98. The molecule has 0 spiro atoms. The van der Waals surface area contributed by atoms with Gasteiger partial charge in [0.2, 0.25) is 0 Å². The largest absolute Gasteiger partial charge is 0.498 e. The molecule has 2 heteroatoms. The molecule has 0 aliphatic heterocycles. The van der Waals surface area contributed by atoms with E-state index in [0.29, 0.717) is 12.5 Å². The van der Waals surface area contributed by atoms with Crippen LogP contribution in [-0.4, -0.2) is 12.4 Å². The van der Waals surface area contributed by atoms with Gasteiger partial charge in [-0.05, 0) is 18.8 Å². The second-order valence-corrected chi connectivity index (χ2v) is 5.23. The molecular formula is C14H22O2. The minimum Gasteiger partial charge on any atom is -0.498 e. The Hall–Kier alpha value is -1.05. The van der Waals surface area contributed by atoms with Gasteiger partial charge in [-0.15, -0.1) is 6.58 Å². The summed E-state index contributed by atoms with van der Waals surface area (Å²) in [5.74, 6) is 1.52. The molecule has 2 nitrogen and oxygen atoms in total. The molecule has 1 aliphatic carbocycles. The Balaban J connectivity index is 2.61. The van der Waals surface area contributed by atoms with Crippen LogP contribution in [0.5, 0.6) is 0 Å². The van der Waals surface area contributed by atoms with Gasteiger partial charge in [0.1, 0.15) is 0 Å². The number of hydrogen-bond donors (Lipinski definition) is 0. The van der Waals surface area contributed by atoms with Crippen LogP contribution < -0.4 is 0 Å². The number of rotatable bonds is 5. The van der Waals surface area contributed by atoms with E-state index in [9.17, 15) is 4.79 Å². The molecule has 0 bridgehead atoms. The molecule has 90 valence electrons. The summed E-state index contributed by atoms with van der Waals surface area (Å²) in [5.41, 5.74) is -0.257. The Bertz CT molecular complexity index is 302. The van der Waals surface area contributed by atoms with Crippen LogP contribution in [0.2, 0.25) is 0 Å². The van der Waals surface area contributed by atoms with Crippen molar-refractivity contribution in [3.63, 3.8) is 0 Å². The molecule has 0 aromatic rings. The molecule has 0 fully saturated rings. The van der Waals surface area contributed by atoms with Crippen molar-refractivity contribution in [3.8, 4) is 0 Å². The van der Waals surface area contributed by atoms with Crippen molar-refractivity contribution in [2.75, 3.05) is 6.61 Å². The maximum Gasteiger partial charge on any atom is 0.165 e. The van der Waals surface area contributed by atoms with Crippen LogP contribution in [0.25, 0.3) is 0 Å². The van der Waals surface area contributed by atoms with Gasteiger partial charge >= 0.3 is 0 Å². The third-order valence-corrected chi connectivity index (χ3v) is 3.01. The average molecular weight is 222 g/mol. The first kappa shape index (κ1) is 13.0. The topological polar surface area (TPSA) is 26.3 Å². The Morgan fingerprint density at radius 1 is 1.62 bits per heavy atom. The lowest BCUT2D eigenvalue weighted by molar-refractivity contribution is -0.124. The molecule has 0 unspecified atom stereocenters. The zero-order chi connectivity index (χ0) is 12.2. The summed E-state index contributed by atoms with van der Waals surface area (Å²) < 4.78 is 5.60. The molecular weight excluding hydrogens is 200 g/mol. The first-order chi connectivity index (χ1) is 7.48. The van der Waals surface area contributed by atoms with Gasteiger partial charge in [-0.25, -0.2) is 0 Å². The molecule has 0 heterocycles. The number of carbonyl (C=O) groups is 1. The average Bonchev–Trinajstić information content (AvgIpc) is 2.21. The molecule has 0 radical (unpaired) electrons. The summed E-state index contributed by atoms with van der Waals surface area (Å²) in [4.78, 5) is 12.0. The van der Waals surface area contributed by atoms with Gasteiger partial charge in [0.25, 0.3) is 0 Å². The summed E-state index contributed by atoms with van der Waals surface area (Å²) in [6, 6.07) is 0. The van der Waals surface area contributed by atoms with Crippen LogP contribution >= 0.6 is 0 Å². The normalized spacial score (nSPS) is 25.5. The molecule has 0 aromatic carbocycles. The summed E-state index contributed by atoms with van der Waals surface area (Å²) >= 11 is 0. The summed E-state index contributed by atoms with van der Waals surface area (Å²) in [7, 11) is 0. The summed E-state index contributed by atoms with van der Waals surface area (Å²) in [5, 5.41) is 0. The van der Waals surface area contributed by atoms with Gasteiger partial charge in [-0.2, -0.15) is 0 Å². The Kier molecular flexibility index (Phi) is 4.34. The highest BCUT2D eigenvalue weighted by Gasteiger charge is 2.34. The second kappa shape index (κ2) is 5.33. The van der Waals surface area contributed by atoms with E-state index in [1.54, 1.807) is 6.08 Å². The minimum absolute atomic E-state index is 0.178. The Morgan fingerprint density at radius 3 is 2.81 bits per heavy atom. The standard InChI is InChI=1S/C14H22O2/c1-5-7-14(4)8-6-12(9-13(14)15)16-10-11(2)3/h5,9,11H,1,6-8,10H2,2-4H3/t14-/m1/s1. The highest BCUT2D eigenvalue weighted by atomic mass is 16.5. The molecule has 0 aromatic heterocycles. The van der Waals surface area contributed by atoms with Crippen LogP contribution in [0.3, 0.4) is 0 Å². The van der Waals surface area contributed by atoms with Crippen molar-refractivity contribution in [1.82, 2.24) is 0 Å². The number of allylic oxidation sites excluding steroid dienone is 3. The molecule has 1 rings (SSSR count). The lowest BCUT2D eigenvalue weighted by Crippen LogP contribution is -2.29. The molecule has 1 aliphatic rings. The van der Waals surface area contributed by atoms with Crippen molar-refractivity contribution in [3.05, 3.63) is 24.5 Å². The van der Waals surface area contributed by atoms with Crippen molar-refractivity contribution < 1.29 is 9.53 Å². The van der Waals surface area contributed by atoms with Crippen molar-refractivity contribution in [1.29, 1.82) is 0 Å². The van der Waals surface area contributed by atoms with Gasteiger partial charge < -0.3 is 4.74 Å². The van der Waals surface area contributed by atoms with Gasteiger partial charge in [0, 0.05) is 17.9 Å². The van der Waals surface area contributed by atoms with Gasteiger partial charge in [-0.1, -0.05) is 26.8 Å². The summed E-state index contributed by atoms with van der Waals surface area (Å²) in [6.45, 7) is 10.6. The number of carbonyl (C=O) groups excluding carboxylic acids is 1. The van der Waals surface area contributed by atoms with E-state index in [4.69, 9.17) is 4.74 Å². The quantitative estimate of drug-likeness (QED) is 0.666. The van der Waals surface area contributed by atoms with Crippen molar-refractivity contribution in [2.45, 2.75) is 40.0 Å². The lowest BCUT2D eigenvalue weighted by Gasteiger charge is -2.30. The minimum atomic E-state index is -0.257. The van der Waals surface area contributed by atoms with E-state index in [2.05, 4.69) is 20.4 Å². The third kappa shape index (κ3) is 3.22. The van der Waals surface area contributed by atoms with E-state index in [1.807, 2.05) is 13.0 Å². The number of hydrogen-bond acceptors (Lipinski definition) is 2. The fourth-order valence-electron chi connectivity index (χ4n) is 1.82. The van der Waals surface area contributed by atoms with E-state index >= 15 is 0 Å². The van der Waals surface area contributed by atoms with E-state index in [1.165, 1.54) is 0 Å². The van der Waals surface area contributed by atoms with E-state index in [-0.39, 0.29) is 11.2 Å². The van der Waals surface area contributed by atoms with Crippen LogP contribution in [0.15, 0.2) is 24.5 Å². The molecule has 1 atom stereocenters. The van der Waals surface area contributed by atoms with Gasteiger partial charge in [0.15, 0.2) is 5.78 Å². The SMILES string of the molecule is C=CC[C@]1(C)CCC(OCC(C)C)=CC1=O. The highest BCUT2D eigenvalue weighted by molar-refractivity contribution is 5.95. The van der Waals surface area contributed by atoms with Crippen molar-refractivity contribution in [2.24, 2.45) is 11.3 Å². The number of ether oxygens (including phenoxy) is 1. The molecule has 0 amide bonds. The molecule has 0 N–H and O–H groups in total. The predicted molar refractivity (Wildman–Crippen MR) is 66.0 cm³/mol. The van der Waals surface area contributed by atoms with Crippen molar-refractivity contribution >= 4 is 5.78 Å². The molecule has 0 saturated heterocycles. The first-order valence-corrected chi connectivity index (χ1v) is 5.96. The van der Waals surface area contributed by atoms with Crippen LogP contribution in [0, 0.1) is 11.3 Å². The zero-order valence-electron chi connectivity index (χ0n) is 10.6. The predicted octanol–water partition coefficient (Wildman–Crippen LogP) is 3.49. The van der Waals surface area contributed by atoms with Crippen LogP contribution in [-0.2, 0) is 9.53 Å². The monoisotopic (exact) mass is 222 g/mol. The number of ketones is 1. The molecule has 16 heavy (non-hydrogen) atoms. The Morgan fingerprint density at radius 2 is 2.31 bits per heavy atom. The maximum atomic E-state index is 12.0. The van der Waals surface area contributed by atoms with Gasteiger partial charge in [0.05, 0.1) is 12.4 Å². The smallest absolute Gasteiger partial charge is 0.165 e.